The summed E-state index contributed by atoms with van der Waals surface area (Å²) in [5, 5.41) is 3.88. The third kappa shape index (κ3) is 4.19. The van der Waals surface area contributed by atoms with E-state index in [4.69, 9.17) is 16.3 Å². The summed E-state index contributed by atoms with van der Waals surface area (Å²) in [6, 6.07) is 7.58. The minimum Gasteiger partial charge on any atom is -0.437 e. The molecule has 2 rings (SSSR count). The SMILES string of the molecule is CCNCc1c(C)cc(C)nc1Oc1cc(Br)ccc1Cl. The van der Waals surface area contributed by atoms with Crippen molar-refractivity contribution in [2.75, 3.05) is 6.54 Å². The fraction of sp³-hybridized carbons (Fsp3) is 0.312. The first-order chi connectivity index (χ1) is 10.0. The molecule has 0 amide bonds. The van der Waals surface area contributed by atoms with E-state index in [2.05, 4.69) is 46.1 Å². The molecule has 112 valence electrons. The fourth-order valence-corrected chi connectivity index (χ4v) is 2.53. The summed E-state index contributed by atoms with van der Waals surface area (Å²) in [5.41, 5.74) is 3.14. The largest absolute Gasteiger partial charge is 0.437 e. The van der Waals surface area contributed by atoms with Crippen LogP contribution in [-0.4, -0.2) is 11.5 Å². The lowest BCUT2D eigenvalue weighted by atomic mass is 10.1. The third-order valence-electron chi connectivity index (χ3n) is 3.09. The van der Waals surface area contributed by atoms with Crippen molar-refractivity contribution >= 4 is 27.5 Å². The van der Waals surface area contributed by atoms with Crippen molar-refractivity contribution in [2.24, 2.45) is 0 Å². The number of rotatable bonds is 5. The van der Waals surface area contributed by atoms with Crippen molar-refractivity contribution in [3.63, 3.8) is 0 Å². The maximum Gasteiger partial charge on any atom is 0.224 e. The molecule has 3 nitrogen and oxygen atoms in total. The zero-order chi connectivity index (χ0) is 15.4. The summed E-state index contributed by atoms with van der Waals surface area (Å²) in [5.74, 6) is 1.20. The van der Waals surface area contributed by atoms with Gasteiger partial charge in [-0.2, -0.15) is 0 Å². The molecule has 0 radical (unpaired) electrons. The number of aryl methyl sites for hydroxylation is 2. The van der Waals surface area contributed by atoms with Gasteiger partial charge >= 0.3 is 0 Å². The maximum absolute atomic E-state index is 6.19. The molecule has 5 heteroatoms. The fourth-order valence-electron chi connectivity index (χ4n) is 2.04. The highest BCUT2D eigenvalue weighted by Crippen LogP contribution is 2.33. The maximum atomic E-state index is 6.19. The highest BCUT2D eigenvalue weighted by molar-refractivity contribution is 9.10. The molecule has 0 saturated heterocycles. The lowest BCUT2D eigenvalue weighted by Gasteiger charge is -2.15. The molecule has 0 aliphatic heterocycles. The summed E-state index contributed by atoms with van der Waals surface area (Å²) in [6.45, 7) is 7.71. The van der Waals surface area contributed by atoms with Gasteiger partial charge in [0.1, 0.15) is 5.75 Å². The first-order valence-corrected chi connectivity index (χ1v) is 7.99. The summed E-state index contributed by atoms with van der Waals surface area (Å²) < 4.78 is 6.88. The van der Waals surface area contributed by atoms with E-state index in [1.165, 1.54) is 0 Å². The first-order valence-electron chi connectivity index (χ1n) is 6.82. The Hall–Kier alpha value is -1.10. The Morgan fingerprint density at radius 2 is 2.05 bits per heavy atom. The number of hydrogen-bond donors (Lipinski definition) is 1. The van der Waals surface area contributed by atoms with Crippen LogP contribution in [0.5, 0.6) is 11.6 Å². The average Bonchev–Trinajstić information content (AvgIpc) is 2.42. The van der Waals surface area contributed by atoms with Crippen LogP contribution < -0.4 is 10.1 Å². The van der Waals surface area contributed by atoms with Crippen LogP contribution in [0.15, 0.2) is 28.7 Å². The minimum atomic E-state index is 0.563. The van der Waals surface area contributed by atoms with Gasteiger partial charge in [0.05, 0.1) is 5.02 Å². The van der Waals surface area contributed by atoms with Crippen LogP contribution in [0.4, 0.5) is 0 Å². The van der Waals surface area contributed by atoms with E-state index in [-0.39, 0.29) is 0 Å². The van der Waals surface area contributed by atoms with Crippen molar-refractivity contribution in [1.82, 2.24) is 10.3 Å². The Labute approximate surface area is 138 Å². The van der Waals surface area contributed by atoms with Crippen molar-refractivity contribution in [2.45, 2.75) is 27.3 Å². The van der Waals surface area contributed by atoms with Gasteiger partial charge in [-0.15, -0.1) is 0 Å². The highest BCUT2D eigenvalue weighted by Gasteiger charge is 2.13. The van der Waals surface area contributed by atoms with Crippen molar-refractivity contribution in [1.29, 1.82) is 0 Å². The van der Waals surface area contributed by atoms with Gasteiger partial charge in [-0.3, -0.25) is 0 Å². The van der Waals surface area contributed by atoms with Gasteiger partial charge < -0.3 is 10.1 Å². The Morgan fingerprint density at radius 1 is 1.29 bits per heavy atom. The van der Waals surface area contributed by atoms with Crippen LogP contribution >= 0.6 is 27.5 Å². The number of benzene rings is 1. The Morgan fingerprint density at radius 3 is 2.76 bits per heavy atom. The lowest BCUT2D eigenvalue weighted by molar-refractivity contribution is 0.451. The minimum absolute atomic E-state index is 0.563. The van der Waals surface area contributed by atoms with E-state index in [0.29, 0.717) is 16.7 Å². The van der Waals surface area contributed by atoms with Crippen LogP contribution in [0.25, 0.3) is 0 Å². The quantitative estimate of drug-likeness (QED) is 0.804. The summed E-state index contributed by atoms with van der Waals surface area (Å²) in [4.78, 5) is 4.52. The van der Waals surface area contributed by atoms with Gasteiger partial charge in [-0.1, -0.05) is 34.5 Å². The summed E-state index contributed by atoms with van der Waals surface area (Å²) >= 11 is 9.62. The lowest BCUT2D eigenvalue weighted by Crippen LogP contribution is -2.14. The number of nitrogens with zero attached hydrogens (tertiary/aromatic N) is 1. The molecule has 0 fully saturated rings. The summed E-state index contributed by atoms with van der Waals surface area (Å²) in [6.07, 6.45) is 0. The number of nitrogens with one attached hydrogen (secondary N) is 1. The number of aromatic nitrogens is 1. The molecule has 0 spiro atoms. The van der Waals surface area contributed by atoms with E-state index < -0.39 is 0 Å². The average molecular weight is 370 g/mol. The van der Waals surface area contributed by atoms with Gasteiger partial charge in [0, 0.05) is 22.3 Å². The second kappa shape index (κ2) is 7.25. The zero-order valence-electron chi connectivity index (χ0n) is 12.3. The molecule has 1 aromatic carbocycles. The van der Waals surface area contributed by atoms with E-state index in [9.17, 15) is 0 Å². The molecule has 0 atom stereocenters. The van der Waals surface area contributed by atoms with Crippen molar-refractivity contribution in [3.05, 3.63) is 50.6 Å². The monoisotopic (exact) mass is 368 g/mol. The van der Waals surface area contributed by atoms with Gasteiger partial charge in [0.15, 0.2) is 0 Å². The molecule has 2 aromatic rings. The van der Waals surface area contributed by atoms with Gasteiger partial charge in [0.25, 0.3) is 0 Å². The van der Waals surface area contributed by atoms with Crippen molar-refractivity contribution in [3.8, 4) is 11.6 Å². The van der Waals surface area contributed by atoms with E-state index in [1.54, 1.807) is 6.07 Å². The summed E-state index contributed by atoms with van der Waals surface area (Å²) in [7, 11) is 0. The van der Waals surface area contributed by atoms with E-state index >= 15 is 0 Å². The molecular weight excluding hydrogens is 352 g/mol. The molecule has 1 aromatic heterocycles. The van der Waals surface area contributed by atoms with Gasteiger partial charge in [-0.25, -0.2) is 4.98 Å². The first kappa shape index (κ1) is 16.3. The predicted molar refractivity (Wildman–Crippen MR) is 90.3 cm³/mol. The number of pyridine rings is 1. The predicted octanol–water partition coefficient (Wildman–Crippen LogP) is 5.02. The molecule has 0 unspecified atom stereocenters. The Kier molecular flexibility index (Phi) is 5.62. The highest BCUT2D eigenvalue weighted by atomic mass is 79.9. The molecule has 0 saturated carbocycles. The van der Waals surface area contributed by atoms with Crippen LogP contribution in [0.3, 0.4) is 0 Å². The standard InChI is InChI=1S/C16H18BrClN2O/c1-4-19-9-13-10(2)7-11(3)20-16(13)21-15-8-12(17)5-6-14(15)18/h5-8,19H,4,9H2,1-3H3. The van der Waals surface area contributed by atoms with Crippen LogP contribution in [0, 0.1) is 13.8 Å². The van der Waals surface area contributed by atoms with Gasteiger partial charge in [0.2, 0.25) is 5.88 Å². The Balaban J connectivity index is 2.40. The third-order valence-corrected chi connectivity index (χ3v) is 3.89. The number of halogens is 2. The molecule has 1 heterocycles. The topological polar surface area (TPSA) is 34.2 Å². The number of hydrogen-bond acceptors (Lipinski definition) is 3. The van der Waals surface area contributed by atoms with Crippen LogP contribution in [0.2, 0.25) is 5.02 Å². The molecular formula is C16H18BrClN2O. The van der Waals surface area contributed by atoms with E-state index in [0.717, 1.165) is 34.4 Å². The van der Waals surface area contributed by atoms with Gasteiger partial charge in [-0.05, 0) is 50.2 Å². The van der Waals surface area contributed by atoms with Crippen molar-refractivity contribution < 1.29 is 4.74 Å². The molecule has 0 aliphatic rings. The van der Waals surface area contributed by atoms with Crippen LogP contribution in [0.1, 0.15) is 23.7 Å². The zero-order valence-corrected chi connectivity index (χ0v) is 14.7. The second-order valence-electron chi connectivity index (χ2n) is 4.82. The number of ether oxygens (including phenoxy) is 1. The second-order valence-corrected chi connectivity index (χ2v) is 6.14. The normalized spacial score (nSPS) is 10.7. The Bertz CT molecular complexity index is 646. The molecule has 0 aliphatic carbocycles. The smallest absolute Gasteiger partial charge is 0.224 e. The molecule has 1 N–H and O–H groups in total. The van der Waals surface area contributed by atoms with Crippen LogP contribution in [-0.2, 0) is 6.54 Å². The van der Waals surface area contributed by atoms with E-state index in [1.807, 2.05) is 19.1 Å². The molecule has 0 bridgehead atoms. The molecule has 21 heavy (non-hydrogen) atoms.